The Morgan fingerprint density at radius 3 is 2.33 bits per heavy atom. The molecule has 0 aliphatic carbocycles. The molecule has 0 spiro atoms. The summed E-state index contributed by atoms with van der Waals surface area (Å²) in [7, 11) is -6.25. The zero-order valence-electron chi connectivity index (χ0n) is 25.0. The third kappa shape index (κ3) is 6.40. The van der Waals surface area contributed by atoms with Crippen LogP contribution in [0.3, 0.4) is 0 Å². The molecule has 2 heterocycles. The Morgan fingerprint density at radius 1 is 0.911 bits per heavy atom. The van der Waals surface area contributed by atoms with E-state index in [1.165, 1.54) is 0 Å². The minimum atomic E-state index is -4.39. The Bertz CT molecular complexity index is 2140. The molecule has 1 N–H and O–H groups in total. The first-order valence-electron chi connectivity index (χ1n) is 14.7. The fourth-order valence-corrected chi connectivity index (χ4v) is 7.27. The summed E-state index contributed by atoms with van der Waals surface area (Å²) in [4.78, 5) is 4.03. The van der Waals surface area contributed by atoms with Crippen LogP contribution in [0.1, 0.15) is 25.7 Å². The van der Waals surface area contributed by atoms with E-state index in [9.17, 15) is 21.4 Å². The predicted octanol–water partition coefficient (Wildman–Crippen LogP) is 4.48. The van der Waals surface area contributed by atoms with Crippen LogP contribution >= 0.6 is 0 Å². The molecule has 1 aliphatic rings. The third-order valence-corrected chi connectivity index (χ3v) is 9.83. The summed E-state index contributed by atoms with van der Waals surface area (Å²) < 4.78 is 72.7. The van der Waals surface area contributed by atoms with Gasteiger partial charge in [0.2, 0.25) is 5.58 Å². The molecular weight excluding hydrogens is 617 g/mol. The number of benzene rings is 4. The van der Waals surface area contributed by atoms with Crippen molar-refractivity contribution >= 4 is 70.3 Å². The number of aryl methyl sites for hydroxylation is 1. The van der Waals surface area contributed by atoms with Crippen molar-refractivity contribution in [2.24, 2.45) is 0 Å². The lowest BCUT2D eigenvalue weighted by Crippen LogP contribution is -2.37. The number of hydrogen-bond donors (Lipinski definition) is 1. The van der Waals surface area contributed by atoms with Crippen LogP contribution in [0.15, 0.2) is 83.0 Å². The van der Waals surface area contributed by atoms with Gasteiger partial charge in [-0.25, -0.2) is 8.42 Å². The number of nitrogens with zero attached hydrogens (tertiary/aromatic N) is 3. The zero-order valence-corrected chi connectivity index (χ0v) is 26.6. The number of hydrogen-bond acceptors (Lipinski definition) is 10. The molecule has 1 aromatic heterocycles. The number of fused-ring (bicyclic) bond motifs is 6. The monoisotopic (exact) mass is 650 g/mol. The van der Waals surface area contributed by atoms with Crippen LogP contribution in [-0.4, -0.2) is 53.0 Å². The van der Waals surface area contributed by atoms with E-state index in [1.807, 2.05) is 100 Å². The van der Waals surface area contributed by atoms with Crippen molar-refractivity contribution in [1.82, 2.24) is 5.48 Å². The second kappa shape index (κ2) is 12.4. The molecule has 0 unspecified atom stereocenters. The van der Waals surface area contributed by atoms with Gasteiger partial charge < -0.3 is 18.8 Å². The van der Waals surface area contributed by atoms with Crippen molar-refractivity contribution in [3.8, 4) is 0 Å². The molecule has 0 saturated heterocycles. The second-order valence-corrected chi connectivity index (χ2v) is 14.1. The van der Waals surface area contributed by atoms with Crippen molar-refractivity contribution in [3.63, 3.8) is 0 Å². The molecule has 0 saturated carbocycles. The number of aromatic nitrogens is 1. The van der Waals surface area contributed by atoms with Crippen LogP contribution in [0.25, 0.3) is 38.7 Å². The number of hydroxylamine groups is 1. The average molecular weight is 651 g/mol. The van der Waals surface area contributed by atoms with Gasteiger partial charge in [-0.05, 0) is 35.4 Å². The molecule has 5 aromatic rings. The van der Waals surface area contributed by atoms with E-state index < -0.39 is 26.0 Å². The largest absolute Gasteiger partial charge is 0.748 e. The van der Waals surface area contributed by atoms with Crippen molar-refractivity contribution in [1.29, 1.82) is 0 Å². The van der Waals surface area contributed by atoms with Gasteiger partial charge in [0.15, 0.2) is 6.54 Å². The average Bonchev–Trinajstić information content (AvgIpc) is 3.50. The smallest absolute Gasteiger partial charge is 0.377 e. The molecule has 0 fully saturated rings. The molecule has 4 aromatic carbocycles. The number of oxazole rings is 1. The van der Waals surface area contributed by atoms with E-state index in [1.54, 1.807) is 6.92 Å². The molecule has 0 atom stereocenters. The normalized spacial score (nSPS) is 14.8. The molecule has 45 heavy (non-hydrogen) atoms. The lowest BCUT2D eigenvalue weighted by molar-refractivity contribution is -0.677. The van der Waals surface area contributed by atoms with Crippen LogP contribution in [0, 0.1) is 0 Å². The van der Waals surface area contributed by atoms with Gasteiger partial charge in [-0.15, -0.1) is 0 Å². The first-order chi connectivity index (χ1) is 21.6. The fraction of sp³-hybridized carbons (Fsp3) is 0.281. The summed E-state index contributed by atoms with van der Waals surface area (Å²) in [5.41, 5.74) is 5.71. The quantitative estimate of drug-likeness (QED) is 0.117. The van der Waals surface area contributed by atoms with Crippen molar-refractivity contribution in [2.45, 2.75) is 26.3 Å². The molecule has 6 rings (SSSR count). The minimum Gasteiger partial charge on any atom is -0.748 e. The SMILES string of the molecule is CCNOS(=O)(=O)CCC[n+]1c(C=C2N(C)c3ccc4ccccc4c3N2CCCS(=O)(=O)[O-])oc2ccc3ccccc3c21. The molecule has 0 radical (unpaired) electrons. The van der Waals surface area contributed by atoms with Gasteiger partial charge in [0.05, 0.1) is 38.7 Å². The van der Waals surface area contributed by atoms with E-state index in [0.717, 1.165) is 44.3 Å². The Labute approximate surface area is 262 Å². The summed E-state index contributed by atoms with van der Waals surface area (Å²) in [6.45, 7) is 2.70. The second-order valence-electron chi connectivity index (χ2n) is 10.9. The molecule has 0 bridgehead atoms. The number of rotatable bonds is 12. The van der Waals surface area contributed by atoms with Crippen LogP contribution in [0.2, 0.25) is 0 Å². The Hall–Kier alpha value is -4.01. The first-order valence-corrected chi connectivity index (χ1v) is 17.9. The Kier molecular flexibility index (Phi) is 8.55. The van der Waals surface area contributed by atoms with Gasteiger partial charge in [-0.1, -0.05) is 61.5 Å². The maximum Gasteiger partial charge on any atom is 0.377 e. The summed E-state index contributed by atoms with van der Waals surface area (Å²) in [6, 6.07) is 23.8. The molecule has 13 heteroatoms. The third-order valence-electron chi connectivity index (χ3n) is 7.88. The molecular formula is C32H34N4O7S2. The fourth-order valence-electron chi connectivity index (χ4n) is 5.92. The van der Waals surface area contributed by atoms with Crippen molar-refractivity contribution < 1.29 is 34.7 Å². The molecule has 1 aliphatic heterocycles. The van der Waals surface area contributed by atoms with E-state index in [2.05, 4.69) is 5.48 Å². The number of nitrogens with one attached hydrogen (secondary N) is 1. The topological polar surface area (TPSA) is 136 Å². The lowest BCUT2D eigenvalue weighted by atomic mass is 10.1. The summed E-state index contributed by atoms with van der Waals surface area (Å²) in [6.07, 6.45) is 2.28. The van der Waals surface area contributed by atoms with Crippen molar-refractivity contribution in [3.05, 3.63) is 84.5 Å². The van der Waals surface area contributed by atoms with Crippen molar-refractivity contribution in [2.75, 3.05) is 41.4 Å². The van der Waals surface area contributed by atoms with E-state index in [-0.39, 0.29) is 25.1 Å². The highest BCUT2D eigenvalue weighted by Crippen LogP contribution is 2.46. The maximum absolute atomic E-state index is 12.4. The summed E-state index contributed by atoms with van der Waals surface area (Å²) in [5, 5.41) is 3.99. The Balaban J connectivity index is 1.47. The highest BCUT2D eigenvalue weighted by molar-refractivity contribution is 7.86. The first kappa shape index (κ1) is 31.0. The van der Waals surface area contributed by atoms with E-state index in [4.69, 9.17) is 8.70 Å². The summed E-state index contributed by atoms with van der Waals surface area (Å²) in [5.74, 6) is 0.533. The molecule has 11 nitrogen and oxygen atoms in total. The summed E-state index contributed by atoms with van der Waals surface area (Å²) >= 11 is 0. The van der Waals surface area contributed by atoms with Crippen LogP contribution in [0.4, 0.5) is 11.4 Å². The Morgan fingerprint density at radius 2 is 1.60 bits per heavy atom. The van der Waals surface area contributed by atoms with Gasteiger partial charge in [0.25, 0.3) is 15.6 Å². The minimum absolute atomic E-state index is 0.133. The van der Waals surface area contributed by atoms with Gasteiger partial charge in [0, 0.05) is 37.7 Å². The highest BCUT2D eigenvalue weighted by Gasteiger charge is 2.33. The van der Waals surface area contributed by atoms with E-state index in [0.29, 0.717) is 24.6 Å². The van der Waals surface area contributed by atoms with E-state index >= 15 is 0 Å². The predicted molar refractivity (Wildman–Crippen MR) is 174 cm³/mol. The van der Waals surface area contributed by atoms with Gasteiger partial charge >= 0.3 is 5.89 Å². The standard InChI is InChI=1S/C32H34N4O7S2/c1-3-33-43-45(40,41)21-9-19-36-30(42-28-17-15-24-11-5-7-13-26(24)32(28)36)22-29-34(2)27-16-14-23-10-4-6-12-25(23)31(27)35(29)18-8-20-44(37,38)39/h4-7,10-17,22,33H,3,8-9,18-21H2,1-2H3. The zero-order chi connectivity index (χ0) is 31.8. The van der Waals surface area contributed by atoms with Gasteiger partial charge in [0.1, 0.15) is 5.82 Å². The highest BCUT2D eigenvalue weighted by atomic mass is 32.2. The maximum atomic E-state index is 12.4. The van der Waals surface area contributed by atoms with Gasteiger partial charge in [-0.2, -0.15) is 22.7 Å². The molecule has 236 valence electrons. The lowest BCUT2D eigenvalue weighted by Gasteiger charge is -2.23. The van der Waals surface area contributed by atoms with Crippen LogP contribution < -0.4 is 19.8 Å². The van der Waals surface area contributed by atoms with Crippen LogP contribution in [0.5, 0.6) is 0 Å². The van der Waals surface area contributed by atoms with Crippen LogP contribution in [-0.2, 0) is 31.1 Å². The van der Waals surface area contributed by atoms with Gasteiger partial charge in [-0.3, -0.25) is 0 Å². The molecule has 0 amide bonds. The number of anilines is 2.